The largest absolute Gasteiger partial charge is 0.354 e. The van der Waals surface area contributed by atoms with Gasteiger partial charge in [0, 0.05) is 48.5 Å². The molecular weight excluding hydrogens is 427 g/mol. The molecule has 0 aromatic carbocycles. The maximum absolute atomic E-state index is 4.53. The van der Waals surface area contributed by atoms with Gasteiger partial charge in [0.25, 0.3) is 0 Å². The van der Waals surface area contributed by atoms with Crippen molar-refractivity contribution >= 4 is 53.5 Å². The van der Waals surface area contributed by atoms with Gasteiger partial charge in [0.1, 0.15) is 0 Å². The first kappa shape index (κ1) is 20.7. The number of nitrogens with one attached hydrogen (secondary N) is 1. The molecule has 4 nitrogen and oxygen atoms in total. The van der Waals surface area contributed by atoms with Gasteiger partial charge in [-0.3, -0.25) is 4.99 Å². The Bertz CT molecular complexity index is 382. The average molecular weight is 458 g/mol. The van der Waals surface area contributed by atoms with Gasteiger partial charge in [-0.05, 0) is 40.1 Å². The van der Waals surface area contributed by atoms with Gasteiger partial charge in [0.2, 0.25) is 0 Å². The lowest BCUT2D eigenvalue weighted by molar-refractivity contribution is 0.181. The van der Waals surface area contributed by atoms with Crippen LogP contribution in [0.15, 0.2) is 4.99 Å². The van der Waals surface area contributed by atoms with Gasteiger partial charge in [-0.15, -0.1) is 24.0 Å². The second kappa shape index (κ2) is 8.67. The molecule has 1 atom stereocenters. The van der Waals surface area contributed by atoms with Crippen molar-refractivity contribution in [3.8, 4) is 0 Å². The number of hydrogen-bond acceptors (Lipinski definition) is 4. The number of guanidine groups is 1. The summed E-state index contributed by atoms with van der Waals surface area (Å²) in [7, 11) is 6.32. The monoisotopic (exact) mass is 458 g/mol. The summed E-state index contributed by atoms with van der Waals surface area (Å²) in [6.45, 7) is 7.81. The Kier molecular flexibility index (Phi) is 8.16. The molecule has 1 N–H and O–H groups in total. The van der Waals surface area contributed by atoms with Crippen LogP contribution in [0.3, 0.4) is 0 Å². The molecule has 2 aliphatic rings. The number of likely N-dealkylation sites (N-methyl/N-ethyl adjacent to an activating group) is 1. The lowest BCUT2D eigenvalue weighted by Gasteiger charge is -2.41. The SMILES string of the molecule is CN=C(NCC1(N(C)C)CCSC1)N1CCSC(C)(C)C1.I. The Hall–Kier alpha value is 0.660. The second-order valence-corrected chi connectivity index (χ2v) is 9.76. The van der Waals surface area contributed by atoms with E-state index in [4.69, 9.17) is 0 Å². The lowest BCUT2D eigenvalue weighted by atomic mass is 9.97. The molecule has 2 fully saturated rings. The summed E-state index contributed by atoms with van der Waals surface area (Å²) in [6, 6.07) is 0. The zero-order valence-corrected chi connectivity index (χ0v) is 18.5. The molecule has 0 saturated carbocycles. The molecule has 0 bridgehead atoms. The maximum Gasteiger partial charge on any atom is 0.193 e. The number of nitrogens with zero attached hydrogens (tertiary/aromatic N) is 3. The van der Waals surface area contributed by atoms with E-state index in [1.807, 2.05) is 7.05 Å². The predicted octanol–water partition coefficient (Wildman–Crippen LogP) is 2.44. The minimum Gasteiger partial charge on any atom is -0.354 e. The zero-order chi connectivity index (χ0) is 15.5. The van der Waals surface area contributed by atoms with E-state index in [0.29, 0.717) is 4.75 Å². The van der Waals surface area contributed by atoms with Crippen LogP contribution in [0.4, 0.5) is 0 Å². The van der Waals surface area contributed by atoms with Crippen molar-refractivity contribution in [1.82, 2.24) is 15.1 Å². The zero-order valence-electron chi connectivity index (χ0n) is 14.5. The standard InChI is InChI=1S/C15H30N4S2.HI/c1-14(2)11-19(7-9-21-14)13(16-3)17-10-15(18(4)5)6-8-20-12-15;/h6-12H2,1-5H3,(H,16,17);1H. The number of aliphatic imine (C=N–C) groups is 1. The van der Waals surface area contributed by atoms with Crippen LogP contribution < -0.4 is 5.32 Å². The number of halogens is 1. The smallest absolute Gasteiger partial charge is 0.193 e. The number of rotatable bonds is 3. The third kappa shape index (κ3) is 5.08. The molecule has 0 radical (unpaired) electrons. The highest BCUT2D eigenvalue weighted by atomic mass is 127. The van der Waals surface area contributed by atoms with E-state index in [9.17, 15) is 0 Å². The first-order valence-electron chi connectivity index (χ1n) is 7.73. The predicted molar refractivity (Wildman–Crippen MR) is 113 cm³/mol. The van der Waals surface area contributed by atoms with Gasteiger partial charge in [-0.25, -0.2) is 0 Å². The van der Waals surface area contributed by atoms with Gasteiger partial charge in [0.15, 0.2) is 5.96 Å². The molecule has 0 aromatic rings. The summed E-state index contributed by atoms with van der Waals surface area (Å²) in [6.07, 6.45) is 1.26. The van der Waals surface area contributed by atoms with E-state index in [1.165, 1.54) is 23.7 Å². The Morgan fingerprint density at radius 3 is 2.55 bits per heavy atom. The third-order valence-electron chi connectivity index (χ3n) is 4.54. The molecule has 7 heteroatoms. The first-order valence-corrected chi connectivity index (χ1v) is 9.87. The van der Waals surface area contributed by atoms with E-state index in [1.54, 1.807) is 0 Å². The fourth-order valence-electron chi connectivity index (χ4n) is 3.02. The van der Waals surface area contributed by atoms with Crippen LogP contribution in [0, 0.1) is 0 Å². The summed E-state index contributed by atoms with van der Waals surface area (Å²) in [5.41, 5.74) is 0.278. The van der Waals surface area contributed by atoms with Crippen LogP contribution in [0.1, 0.15) is 20.3 Å². The first-order chi connectivity index (χ1) is 9.88. The van der Waals surface area contributed by atoms with E-state index in [0.717, 1.165) is 25.6 Å². The molecule has 2 aliphatic heterocycles. The highest BCUT2D eigenvalue weighted by Crippen LogP contribution is 2.32. The molecule has 2 heterocycles. The second-order valence-electron chi connectivity index (χ2n) is 6.85. The molecular formula is C15H31IN4S2. The van der Waals surface area contributed by atoms with Crippen molar-refractivity contribution in [3.05, 3.63) is 0 Å². The molecule has 1 unspecified atom stereocenters. The van der Waals surface area contributed by atoms with Crippen LogP contribution >= 0.6 is 47.5 Å². The van der Waals surface area contributed by atoms with Crippen molar-refractivity contribution in [1.29, 1.82) is 0 Å². The molecule has 22 heavy (non-hydrogen) atoms. The highest BCUT2D eigenvalue weighted by Gasteiger charge is 2.37. The normalized spacial score (nSPS) is 28.6. The number of hydrogen-bond donors (Lipinski definition) is 1. The quantitative estimate of drug-likeness (QED) is 0.399. The molecule has 2 saturated heterocycles. The van der Waals surface area contributed by atoms with Gasteiger partial charge < -0.3 is 15.1 Å². The topological polar surface area (TPSA) is 30.9 Å². The van der Waals surface area contributed by atoms with Gasteiger partial charge in [0.05, 0.1) is 0 Å². The minimum atomic E-state index is 0. The Labute approximate surface area is 161 Å². The van der Waals surface area contributed by atoms with Crippen LogP contribution in [-0.4, -0.2) is 84.1 Å². The summed E-state index contributed by atoms with van der Waals surface area (Å²) >= 11 is 4.13. The van der Waals surface area contributed by atoms with Crippen molar-refractivity contribution in [2.45, 2.75) is 30.6 Å². The van der Waals surface area contributed by atoms with Crippen molar-refractivity contribution < 1.29 is 0 Å². The van der Waals surface area contributed by atoms with Crippen LogP contribution in [0.25, 0.3) is 0 Å². The Balaban J connectivity index is 0.00000242. The highest BCUT2D eigenvalue weighted by molar-refractivity contribution is 14.0. The third-order valence-corrected chi connectivity index (χ3v) is 7.08. The minimum absolute atomic E-state index is 0. The van der Waals surface area contributed by atoms with Crippen molar-refractivity contribution in [2.75, 3.05) is 58.0 Å². The van der Waals surface area contributed by atoms with Crippen LogP contribution in [-0.2, 0) is 0 Å². The average Bonchev–Trinajstić information content (AvgIpc) is 2.88. The van der Waals surface area contributed by atoms with Crippen LogP contribution in [0.5, 0.6) is 0 Å². The molecule has 2 rings (SSSR count). The van der Waals surface area contributed by atoms with Gasteiger partial charge in [-0.2, -0.15) is 23.5 Å². The van der Waals surface area contributed by atoms with Gasteiger partial charge in [-0.1, -0.05) is 0 Å². The maximum atomic E-state index is 4.53. The summed E-state index contributed by atoms with van der Waals surface area (Å²) in [5.74, 6) is 4.74. The van der Waals surface area contributed by atoms with Crippen molar-refractivity contribution in [3.63, 3.8) is 0 Å². The lowest BCUT2D eigenvalue weighted by Crippen LogP contribution is -2.57. The molecule has 0 amide bonds. The fraction of sp³-hybridized carbons (Fsp3) is 0.933. The number of thioether (sulfide) groups is 2. The Morgan fingerprint density at radius 1 is 1.32 bits per heavy atom. The molecule has 0 aromatic heterocycles. The molecule has 0 spiro atoms. The van der Waals surface area contributed by atoms with E-state index in [2.05, 4.69) is 71.6 Å². The van der Waals surface area contributed by atoms with Crippen molar-refractivity contribution in [2.24, 2.45) is 4.99 Å². The molecule has 0 aliphatic carbocycles. The fourth-order valence-corrected chi connectivity index (χ4v) is 5.68. The Morgan fingerprint density at radius 2 is 2.05 bits per heavy atom. The summed E-state index contributed by atoms with van der Waals surface area (Å²) in [5, 5.41) is 3.65. The molecule has 130 valence electrons. The van der Waals surface area contributed by atoms with E-state index < -0.39 is 0 Å². The summed E-state index contributed by atoms with van der Waals surface area (Å²) < 4.78 is 0.318. The van der Waals surface area contributed by atoms with Gasteiger partial charge >= 0.3 is 0 Å². The van der Waals surface area contributed by atoms with Crippen LogP contribution in [0.2, 0.25) is 0 Å². The van der Waals surface area contributed by atoms with E-state index >= 15 is 0 Å². The summed E-state index contributed by atoms with van der Waals surface area (Å²) in [4.78, 5) is 9.34. The van der Waals surface area contributed by atoms with E-state index in [-0.39, 0.29) is 29.5 Å².